The second kappa shape index (κ2) is 5.58. The Morgan fingerprint density at radius 2 is 1.68 bits per heavy atom. The van der Waals surface area contributed by atoms with Gasteiger partial charge in [0, 0.05) is 5.69 Å². The largest absolute Gasteiger partial charge is 0.438 e. The lowest BCUT2D eigenvalue weighted by Crippen LogP contribution is -2.13. The van der Waals surface area contributed by atoms with Crippen molar-refractivity contribution in [3.05, 3.63) is 47.7 Å². The van der Waals surface area contributed by atoms with Gasteiger partial charge in [-0.1, -0.05) is 32.9 Å². The Bertz CT molecular complexity index is 784. The van der Waals surface area contributed by atoms with Crippen molar-refractivity contribution in [2.24, 2.45) is 5.14 Å². The Labute approximate surface area is 129 Å². The minimum Gasteiger partial charge on any atom is -0.438 e. The van der Waals surface area contributed by atoms with E-state index in [1.165, 1.54) is 6.07 Å². The fourth-order valence-corrected chi connectivity index (χ4v) is 2.31. The van der Waals surface area contributed by atoms with E-state index in [0.29, 0.717) is 5.69 Å². The summed E-state index contributed by atoms with van der Waals surface area (Å²) in [6.45, 7) is 6.29. The van der Waals surface area contributed by atoms with Crippen LogP contribution in [0.5, 0.6) is 0 Å². The maximum atomic E-state index is 12.0. The molecule has 6 nitrogen and oxygen atoms in total. The number of carbonyl (C=O) groups is 1. The van der Waals surface area contributed by atoms with E-state index in [9.17, 15) is 13.2 Å². The van der Waals surface area contributed by atoms with Gasteiger partial charge in [-0.05, 0) is 35.2 Å². The summed E-state index contributed by atoms with van der Waals surface area (Å²) in [5.74, 6) is -0.665. The summed E-state index contributed by atoms with van der Waals surface area (Å²) in [6, 6.07) is 9.82. The van der Waals surface area contributed by atoms with Crippen LogP contribution in [0.1, 0.15) is 36.9 Å². The van der Waals surface area contributed by atoms with Crippen molar-refractivity contribution in [1.29, 1.82) is 0 Å². The number of nitrogens with two attached hydrogens (primary N) is 1. The zero-order valence-corrected chi connectivity index (χ0v) is 13.4. The third-order valence-corrected chi connectivity index (χ3v) is 3.87. The zero-order valence-electron chi connectivity index (χ0n) is 12.6. The number of furan rings is 1. The fraction of sp³-hybridized carbons (Fsp3) is 0.267. The molecule has 7 heteroatoms. The van der Waals surface area contributed by atoms with Gasteiger partial charge in [0.15, 0.2) is 5.76 Å². The van der Waals surface area contributed by atoms with Crippen LogP contribution in [0.3, 0.4) is 0 Å². The number of amides is 1. The molecule has 0 spiro atoms. The molecule has 1 heterocycles. The minimum absolute atomic E-state index is 0.0218. The molecule has 118 valence electrons. The van der Waals surface area contributed by atoms with Gasteiger partial charge in [0.05, 0.1) is 0 Å². The lowest BCUT2D eigenvalue weighted by molar-refractivity contribution is 0.0991. The molecule has 2 aromatic rings. The van der Waals surface area contributed by atoms with Crippen LogP contribution in [-0.4, -0.2) is 14.3 Å². The SMILES string of the molecule is CC(C)(C)c1ccc(NC(=O)c2ccc(S(N)(=O)=O)o2)cc1. The fourth-order valence-electron chi connectivity index (χ4n) is 1.84. The van der Waals surface area contributed by atoms with Gasteiger partial charge in [0.1, 0.15) is 0 Å². The molecule has 0 fully saturated rings. The first-order chi connectivity index (χ1) is 10.1. The molecule has 0 saturated carbocycles. The number of anilines is 1. The van der Waals surface area contributed by atoms with Crippen LogP contribution in [0.2, 0.25) is 0 Å². The van der Waals surface area contributed by atoms with Crippen LogP contribution in [-0.2, 0) is 15.4 Å². The molecule has 3 N–H and O–H groups in total. The third-order valence-electron chi connectivity index (χ3n) is 3.09. The van der Waals surface area contributed by atoms with Crippen LogP contribution in [0.15, 0.2) is 45.9 Å². The lowest BCUT2D eigenvalue weighted by atomic mass is 9.87. The zero-order chi connectivity index (χ0) is 16.5. The number of hydrogen-bond acceptors (Lipinski definition) is 4. The molecule has 0 bridgehead atoms. The average molecular weight is 322 g/mol. The highest BCUT2D eigenvalue weighted by molar-refractivity contribution is 7.89. The molecule has 0 atom stereocenters. The summed E-state index contributed by atoms with van der Waals surface area (Å²) in [4.78, 5) is 12.0. The summed E-state index contributed by atoms with van der Waals surface area (Å²) in [6.07, 6.45) is 0. The van der Waals surface area contributed by atoms with Gasteiger partial charge in [-0.25, -0.2) is 13.6 Å². The molecule has 2 rings (SSSR count). The standard InChI is InChI=1S/C15H18N2O4S/c1-15(2,3)10-4-6-11(7-5-10)17-14(18)12-8-9-13(21-12)22(16,19)20/h4-9H,1-3H3,(H,17,18)(H2,16,19,20). The molecule has 0 aliphatic carbocycles. The first-order valence-corrected chi connectivity index (χ1v) is 8.16. The number of benzene rings is 1. The van der Waals surface area contributed by atoms with Gasteiger partial charge in [-0.15, -0.1) is 0 Å². The second-order valence-corrected chi connectivity index (χ2v) is 7.44. The predicted octanol–water partition coefficient (Wildman–Crippen LogP) is 2.48. The number of nitrogens with one attached hydrogen (secondary N) is 1. The summed E-state index contributed by atoms with van der Waals surface area (Å²) >= 11 is 0. The summed E-state index contributed by atoms with van der Waals surface area (Å²) in [5, 5.41) is 7.12. The average Bonchev–Trinajstić information content (AvgIpc) is 2.87. The number of carbonyl (C=O) groups excluding carboxylic acids is 1. The van der Waals surface area contributed by atoms with Crippen LogP contribution >= 0.6 is 0 Å². The van der Waals surface area contributed by atoms with Gasteiger partial charge >= 0.3 is 0 Å². The van der Waals surface area contributed by atoms with Crippen molar-refractivity contribution in [1.82, 2.24) is 0 Å². The molecular formula is C15H18N2O4S. The molecule has 0 radical (unpaired) electrons. The van der Waals surface area contributed by atoms with E-state index in [1.54, 1.807) is 12.1 Å². The van der Waals surface area contributed by atoms with Gasteiger partial charge in [-0.2, -0.15) is 0 Å². The van der Waals surface area contributed by atoms with Crippen molar-refractivity contribution in [2.45, 2.75) is 31.3 Å². The normalized spacial score (nSPS) is 12.2. The Morgan fingerprint density at radius 3 is 2.14 bits per heavy atom. The van der Waals surface area contributed by atoms with Crippen molar-refractivity contribution < 1.29 is 17.6 Å². The molecule has 0 saturated heterocycles. The molecule has 1 aromatic heterocycles. The summed E-state index contributed by atoms with van der Waals surface area (Å²) < 4.78 is 27.2. The van der Waals surface area contributed by atoms with Gasteiger partial charge in [-0.3, -0.25) is 4.79 Å². The van der Waals surface area contributed by atoms with Crippen molar-refractivity contribution in [2.75, 3.05) is 5.32 Å². The highest BCUT2D eigenvalue weighted by Crippen LogP contribution is 2.23. The van der Waals surface area contributed by atoms with Crippen LogP contribution in [0.25, 0.3) is 0 Å². The van der Waals surface area contributed by atoms with Gasteiger partial charge < -0.3 is 9.73 Å². The Morgan fingerprint density at radius 1 is 1.09 bits per heavy atom. The Hall–Kier alpha value is -2.12. The quantitative estimate of drug-likeness (QED) is 0.906. The maximum Gasteiger partial charge on any atom is 0.291 e. The minimum atomic E-state index is -3.96. The molecule has 1 aromatic carbocycles. The predicted molar refractivity (Wildman–Crippen MR) is 83.2 cm³/mol. The van der Waals surface area contributed by atoms with Crippen molar-refractivity contribution in [3.63, 3.8) is 0 Å². The third kappa shape index (κ3) is 3.75. The van der Waals surface area contributed by atoms with E-state index in [1.807, 2.05) is 12.1 Å². The molecule has 0 aliphatic heterocycles. The van der Waals surface area contributed by atoms with Crippen molar-refractivity contribution in [3.8, 4) is 0 Å². The van der Waals surface area contributed by atoms with E-state index >= 15 is 0 Å². The van der Waals surface area contributed by atoms with E-state index in [2.05, 4.69) is 26.1 Å². The number of sulfonamides is 1. The smallest absolute Gasteiger partial charge is 0.291 e. The lowest BCUT2D eigenvalue weighted by Gasteiger charge is -2.19. The first-order valence-electron chi connectivity index (χ1n) is 6.62. The highest BCUT2D eigenvalue weighted by atomic mass is 32.2. The second-order valence-electron chi connectivity index (χ2n) is 5.95. The van der Waals surface area contributed by atoms with Crippen LogP contribution in [0.4, 0.5) is 5.69 Å². The number of rotatable bonds is 3. The molecule has 22 heavy (non-hydrogen) atoms. The van der Waals surface area contributed by atoms with Gasteiger partial charge in [0.25, 0.3) is 15.9 Å². The Balaban J connectivity index is 2.14. The molecule has 0 unspecified atom stereocenters. The number of hydrogen-bond donors (Lipinski definition) is 2. The van der Waals surface area contributed by atoms with Crippen molar-refractivity contribution >= 4 is 21.6 Å². The van der Waals surface area contributed by atoms with Crippen LogP contribution in [0, 0.1) is 0 Å². The van der Waals surface area contributed by atoms with Gasteiger partial charge in [0.2, 0.25) is 5.09 Å². The summed E-state index contributed by atoms with van der Waals surface area (Å²) in [7, 11) is -3.96. The van der Waals surface area contributed by atoms with E-state index in [-0.39, 0.29) is 11.2 Å². The molecule has 1 amide bonds. The molecule has 0 aliphatic rings. The summed E-state index contributed by atoms with van der Waals surface area (Å²) in [5.41, 5.74) is 1.75. The maximum absolute atomic E-state index is 12.0. The monoisotopic (exact) mass is 322 g/mol. The van der Waals surface area contributed by atoms with E-state index in [0.717, 1.165) is 11.6 Å². The Kier molecular flexibility index (Phi) is 4.12. The van der Waals surface area contributed by atoms with Crippen LogP contribution < -0.4 is 10.5 Å². The topological polar surface area (TPSA) is 102 Å². The number of primary sulfonamides is 1. The first kappa shape index (κ1) is 16.3. The molecular weight excluding hydrogens is 304 g/mol. The van der Waals surface area contributed by atoms with E-state index < -0.39 is 21.0 Å². The highest BCUT2D eigenvalue weighted by Gasteiger charge is 2.18. The van der Waals surface area contributed by atoms with E-state index in [4.69, 9.17) is 9.56 Å².